The van der Waals surface area contributed by atoms with Crippen molar-refractivity contribution in [2.45, 2.75) is 13.3 Å². The lowest BCUT2D eigenvalue weighted by Crippen LogP contribution is -2.00. The second-order valence-corrected chi connectivity index (χ2v) is 4.86. The van der Waals surface area contributed by atoms with Crippen LogP contribution in [0.15, 0.2) is 36.4 Å². The molecule has 2 rings (SSSR count). The first-order chi connectivity index (χ1) is 8.69. The van der Waals surface area contributed by atoms with Crippen molar-refractivity contribution in [2.24, 2.45) is 0 Å². The van der Waals surface area contributed by atoms with Gasteiger partial charge in [-0.15, -0.1) is 0 Å². The lowest BCUT2D eigenvalue weighted by Gasteiger charge is -2.09. The van der Waals surface area contributed by atoms with E-state index in [1.54, 1.807) is 18.2 Å². The van der Waals surface area contributed by atoms with E-state index in [1.807, 2.05) is 19.1 Å². The number of anilines is 2. The minimum absolute atomic E-state index is 0.275. The van der Waals surface area contributed by atoms with Crippen molar-refractivity contribution in [3.05, 3.63) is 53.5 Å². The van der Waals surface area contributed by atoms with Crippen LogP contribution in [0.25, 0.3) is 0 Å². The van der Waals surface area contributed by atoms with Crippen molar-refractivity contribution in [2.75, 3.05) is 10.6 Å². The normalized spacial score (nSPS) is 10.4. The average molecular weight is 309 g/mol. The molecule has 1 N–H and O–H groups in total. The zero-order valence-corrected chi connectivity index (χ0v) is 11.7. The molecular weight excluding hydrogens is 295 g/mol. The second kappa shape index (κ2) is 5.96. The third kappa shape index (κ3) is 3.29. The molecule has 2 aromatic rings. The number of nitrogens with one attached hydrogen (secondary N) is 1. The number of para-hydroxylation sites is 1. The molecule has 0 aliphatic heterocycles. The van der Waals surface area contributed by atoms with Crippen molar-refractivity contribution >= 4 is 27.4 Å². The Morgan fingerprint density at radius 2 is 2.06 bits per heavy atom. The van der Waals surface area contributed by atoms with Gasteiger partial charge in [0.05, 0.1) is 5.69 Å². The van der Waals surface area contributed by atoms with Gasteiger partial charge >= 0.3 is 0 Å². The first-order valence-electron chi connectivity index (χ1n) is 5.74. The Morgan fingerprint density at radius 1 is 1.28 bits per heavy atom. The highest BCUT2D eigenvalue weighted by Crippen LogP contribution is 2.19. The molecule has 0 unspecified atom stereocenters. The molecular formula is C14H14BrFN2. The van der Waals surface area contributed by atoms with Crippen molar-refractivity contribution < 1.29 is 4.39 Å². The number of nitrogens with zero attached hydrogens (tertiary/aromatic N) is 1. The van der Waals surface area contributed by atoms with Crippen LogP contribution in [0.2, 0.25) is 0 Å². The van der Waals surface area contributed by atoms with Crippen molar-refractivity contribution in [3.8, 4) is 0 Å². The lowest BCUT2D eigenvalue weighted by molar-refractivity contribution is 0.632. The molecule has 4 heteroatoms. The molecule has 0 amide bonds. The fourth-order valence-electron chi connectivity index (χ4n) is 1.73. The summed E-state index contributed by atoms with van der Waals surface area (Å²) in [7, 11) is 0. The molecule has 0 saturated carbocycles. The van der Waals surface area contributed by atoms with Crippen molar-refractivity contribution in [1.82, 2.24) is 4.98 Å². The predicted octanol–water partition coefficient (Wildman–Crippen LogP) is 4.21. The van der Waals surface area contributed by atoms with Crippen LogP contribution in [-0.4, -0.2) is 10.3 Å². The highest BCUT2D eigenvalue weighted by atomic mass is 79.9. The number of aromatic nitrogens is 1. The van der Waals surface area contributed by atoms with E-state index in [1.165, 1.54) is 6.07 Å². The summed E-state index contributed by atoms with van der Waals surface area (Å²) in [5.74, 6) is 0.402. The van der Waals surface area contributed by atoms with Crippen LogP contribution in [0, 0.1) is 12.7 Å². The summed E-state index contributed by atoms with van der Waals surface area (Å²) in [5, 5.41) is 3.87. The summed E-state index contributed by atoms with van der Waals surface area (Å²) in [6, 6.07) is 10.5. The van der Waals surface area contributed by atoms with E-state index in [4.69, 9.17) is 0 Å². The number of hydrogen-bond donors (Lipinski definition) is 1. The maximum atomic E-state index is 13.5. The maximum absolute atomic E-state index is 13.5. The molecule has 0 aliphatic rings. The van der Waals surface area contributed by atoms with Crippen LogP contribution in [-0.2, 0) is 6.42 Å². The first kappa shape index (κ1) is 13.0. The Morgan fingerprint density at radius 3 is 2.78 bits per heavy atom. The summed E-state index contributed by atoms with van der Waals surface area (Å²) in [4.78, 5) is 4.45. The Labute approximate surface area is 114 Å². The monoisotopic (exact) mass is 308 g/mol. The van der Waals surface area contributed by atoms with Crippen LogP contribution in [0.5, 0.6) is 0 Å². The number of aryl methyl sites for hydroxylation is 2. The van der Waals surface area contributed by atoms with E-state index in [2.05, 4.69) is 26.2 Å². The maximum Gasteiger partial charge on any atom is 0.146 e. The number of halogens is 2. The van der Waals surface area contributed by atoms with Crippen LogP contribution in [0.4, 0.5) is 15.9 Å². The number of hydrogen-bond acceptors (Lipinski definition) is 2. The van der Waals surface area contributed by atoms with E-state index in [9.17, 15) is 4.39 Å². The summed E-state index contributed by atoms with van der Waals surface area (Å²) in [6.45, 7) is 2.01. The Balaban J connectivity index is 2.26. The smallest absolute Gasteiger partial charge is 0.146 e. The molecule has 1 heterocycles. The van der Waals surface area contributed by atoms with Gasteiger partial charge in [0.15, 0.2) is 0 Å². The largest absolute Gasteiger partial charge is 0.338 e. The van der Waals surface area contributed by atoms with Gasteiger partial charge in [-0.2, -0.15) is 0 Å². The summed E-state index contributed by atoms with van der Waals surface area (Å²) in [5.41, 5.74) is 2.55. The van der Waals surface area contributed by atoms with Gasteiger partial charge in [0.2, 0.25) is 0 Å². The Hall–Kier alpha value is -1.42. The molecule has 0 bridgehead atoms. The minimum Gasteiger partial charge on any atom is -0.338 e. The number of pyridine rings is 1. The van der Waals surface area contributed by atoms with Crippen LogP contribution >= 0.6 is 15.9 Å². The van der Waals surface area contributed by atoms with E-state index < -0.39 is 0 Å². The van der Waals surface area contributed by atoms with Gasteiger partial charge in [0.1, 0.15) is 11.6 Å². The van der Waals surface area contributed by atoms with Gasteiger partial charge in [0.25, 0.3) is 0 Å². The average Bonchev–Trinajstić information content (AvgIpc) is 2.32. The molecule has 0 saturated heterocycles. The topological polar surface area (TPSA) is 24.9 Å². The SMILES string of the molecule is Cc1cc(CCBr)nc(Nc2ccccc2F)c1. The van der Waals surface area contributed by atoms with Crippen LogP contribution < -0.4 is 5.32 Å². The van der Waals surface area contributed by atoms with Gasteiger partial charge in [-0.1, -0.05) is 28.1 Å². The van der Waals surface area contributed by atoms with Gasteiger partial charge in [-0.3, -0.25) is 0 Å². The quantitative estimate of drug-likeness (QED) is 0.856. The summed E-state index contributed by atoms with van der Waals surface area (Å²) < 4.78 is 13.5. The Kier molecular flexibility index (Phi) is 4.31. The summed E-state index contributed by atoms with van der Waals surface area (Å²) in [6.07, 6.45) is 0.855. The highest BCUT2D eigenvalue weighted by Gasteiger charge is 2.04. The molecule has 2 nitrogen and oxygen atoms in total. The fraction of sp³-hybridized carbons (Fsp3) is 0.214. The first-order valence-corrected chi connectivity index (χ1v) is 6.86. The molecule has 18 heavy (non-hydrogen) atoms. The number of rotatable bonds is 4. The number of benzene rings is 1. The molecule has 1 aromatic heterocycles. The zero-order valence-electron chi connectivity index (χ0n) is 10.1. The lowest BCUT2D eigenvalue weighted by atomic mass is 10.2. The van der Waals surface area contributed by atoms with Gasteiger partial charge in [-0.25, -0.2) is 9.37 Å². The zero-order chi connectivity index (χ0) is 13.0. The van der Waals surface area contributed by atoms with Crippen LogP contribution in [0.1, 0.15) is 11.3 Å². The summed E-state index contributed by atoms with van der Waals surface area (Å²) >= 11 is 3.39. The highest BCUT2D eigenvalue weighted by molar-refractivity contribution is 9.09. The molecule has 0 atom stereocenters. The van der Waals surface area contributed by atoms with Gasteiger partial charge in [0, 0.05) is 11.0 Å². The van der Waals surface area contributed by atoms with Crippen molar-refractivity contribution in [3.63, 3.8) is 0 Å². The second-order valence-electron chi connectivity index (χ2n) is 4.06. The third-order valence-corrected chi connectivity index (χ3v) is 2.91. The third-order valence-electron chi connectivity index (χ3n) is 2.51. The minimum atomic E-state index is -0.275. The fourth-order valence-corrected chi connectivity index (χ4v) is 2.14. The predicted molar refractivity (Wildman–Crippen MR) is 76.2 cm³/mol. The van der Waals surface area contributed by atoms with Gasteiger partial charge in [-0.05, 0) is 43.2 Å². The van der Waals surface area contributed by atoms with E-state index in [0.717, 1.165) is 23.0 Å². The van der Waals surface area contributed by atoms with Gasteiger partial charge < -0.3 is 5.32 Å². The van der Waals surface area contributed by atoms with Crippen molar-refractivity contribution in [1.29, 1.82) is 0 Å². The molecule has 0 aliphatic carbocycles. The van der Waals surface area contributed by atoms with E-state index in [0.29, 0.717) is 11.5 Å². The molecule has 0 radical (unpaired) electrons. The molecule has 1 aromatic carbocycles. The van der Waals surface area contributed by atoms with Crippen LogP contribution in [0.3, 0.4) is 0 Å². The molecule has 0 spiro atoms. The molecule has 0 fully saturated rings. The number of alkyl halides is 1. The standard InChI is InChI=1S/C14H14BrFN2/c1-10-8-11(6-7-15)17-14(9-10)18-13-5-3-2-4-12(13)16/h2-5,8-9H,6-7H2,1H3,(H,17,18). The molecule has 94 valence electrons. The Bertz CT molecular complexity index is 543. The van der Waals surface area contributed by atoms with E-state index >= 15 is 0 Å². The van der Waals surface area contributed by atoms with E-state index in [-0.39, 0.29) is 5.82 Å².